The van der Waals surface area contributed by atoms with E-state index in [9.17, 15) is 0 Å². The second kappa shape index (κ2) is 36.5. The Morgan fingerprint density at radius 1 is 0.323 bits per heavy atom. The van der Waals surface area contributed by atoms with Crippen molar-refractivity contribution in [2.24, 2.45) is 0 Å². The Morgan fingerprint density at radius 3 is 0.742 bits per heavy atom. The second-order valence-corrected chi connectivity index (χ2v) is 9.39. The average molecular weight is 459 g/mol. The van der Waals surface area contributed by atoms with Crippen molar-refractivity contribution in [3.05, 3.63) is 0 Å². The summed E-state index contributed by atoms with van der Waals surface area (Å²) in [7, 11) is 0. The largest absolute Gasteiger partial charge is 1.00 e. The molecule has 0 heterocycles. The fourth-order valence-corrected chi connectivity index (χ4v) is 4.19. The van der Waals surface area contributed by atoms with Crippen LogP contribution in [0.3, 0.4) is 0 Å². The molecular formula is C28H60Na2O. The Bertz CT molecular complexity index is 259. The molecule has 0 aromatic rings. The van der Waals surface area contributed by atoms with E-state index in [0.717, 1.165) is 13.2 Å². The van der Waals surface area contributed by atoms with Gasteiger partial charge in [-0.1, -0.05) is 155 Å². The first-order valence-corrected chi connectivity index (χ1v) is 14.0. The standard InChI is InChI=1S/C28H58O.2Na.2H/c1-3-5-7-9-11-13-15-17-19-21-23-25-27-29-28-26-24-22-20-18-16-14-12-10-8-6-4-2;;;;/h3-28H2,1-2H3;;;;/q;2*+1;2*-1. The Hall–Kier alpha value is 1.96. The van der Waals surface area contributed by atoms with E-state index in [-0.39, 0.29) is 62.0 Å². The first-order chi connectivity index (χ1) is 14.4. The van der Waals surface area contributed by atoms with E-state index in [4.69, 9.17) is 4.74 Å². The predicted molar refractivity (Wildman–Crippen MR) is 135 cm³/mol. The van der Waals surface area contributed by atoms with E-state index >= 15 is 0 Å². The van der Waals surface area contributed by atoms with Crippen LogP contribution >= 0.6 is 0 Å². The summed E-state index contributed by atoms with van der Waals surface area (Å²) in [6.07, 6.45) is 34.1. The molecule has 0 aromatic heterocycles. The third-order valence-corrected chi connectivity index (χ3v) is 6.28. The normalized spacial score (nSPS) is 10.6. The van der Waals surface area contributed by atoms with Gasteiger partial charge in [0.1, 0.15) is 0 Å². The summed E-state index contributed by atoms with van der Waals surface area (Å²) in [5.74, 6) is 0. The van der Waals surface area contributed by atoms with Gasteiger partial charge in [-0.2, -0.15) is 0 Å². The number of hydrogen-bond donors (Lipinski definition) is 0. The Morgan fingerprint density at radius 2 is 0.516 bits per heavy atom. The minimum absolute atomic E-state index is 0. The SMILES string of the molecule is CCCCCCCCCCCCCCOCCCCCCCCCCCCCC.[H-].[H-].[Na+].[Na+]. The van der Waals surface area contributed by atoms with Gasteiger partial charge < -0.3 is 7.59 Å². The molecule has 0 fully saturated rings. The van der Waals surface area contributed by atoms with Crippen LogP contribution in [0.2, 0.25) is 0 Å². The van der Waals surface area contributed by atoms with Gasteiger partial charge in [0.05, 0.1) is 0 Å². The molecule has 3 heteroatoms. The van der Waals surface area contributed by atoms with Crippen LogP contribution in [0, 0.1) is 0 Å². The summed E-state index contributed by atoms with van der Waals surface area (Å²) < 4.78 is 5.82. The Kier molecular flexibility index (Phi) is 44.2. The summed E-state index contributed by atoms with van der Waals surface area (Å²) in [6, 6.07) is 0. The van der Waals surface area contributed by atoms with Gasteiger partial charge in [0, 0.05) is 13.2 Å². The van der Waals surface area contributed by atoms with Crippen molar-refractivity contribution < 1.29 is 66.7 Å². The second-order valence-electron chi connectivity index (χ2n) is 9.39. The topological polar surface area (TPSA) is 9.23 Å². The average Bonchev–Trinajstić information content (AvgIpc) is 2.74. The minimum Gasteiger partial charge on any atom is -1.00 e. The van der Waals surface area contributed by atoms with Crippen molar-refractivity contribution in [2.75, 3.05) is 13.2 Å². The minimum atomic E-state index is 0. The molecule has 0 amide bonds. The number of hydrogen-bond acceptors (Lipinski definition) is 1. The van der Waals surface area contributed by atoms with Crippen LogP contribution in [0.15, 0.2) is 0 Å². The number of rotatable bonds is 26. The zero-order chi connectivity index (χ0) is 21.1. The molecule has 0 aromatic carbocycles. The van der Waals surface area contributed by atoms with Crippen LogP contribution in [0.1, 0.15) is 171 Å². The molecule has 0 N–H and O–H groups in total. The van der Waals surface area contributed by atoms with Crippen molar-refractivity contribution in [1.29, 1.82) is 0 Å². The Balaban J connectivity index is -0.000000653. The molecule has 0 aliphatic heterocycles. The predicted octanol–water partition coefficient (Wildman–Crippen LogP) is 4.64. The van der Waals surface area contributed by atoms with Crippen LogP contribution in [0.5, 0.6) is 0 Å². The first kappa shape index (κ1) is 37.5. The molecule has 0 saturated carbocycles. The quantitative estimate of drug-likeness (QED) is 0.136. The van der Waals surface area contributed by atoms with Gasteiger partial charge in [0.15, 0.2) is 0 Å². The fourth-order valence-electron chi connectivity index (χ4n) is 4.19. The zero-order valence-electron chi connectivity index (χ0n) is 24.8. The van der Waals surface area contributed by atoms with Gasteiger partial charge in [-0.25, -0.2) is 0 Å². The summed E-state index contributed by atoms with van der Waals surface area (Å²) in [5.41, 5.74) is 0. The molecule has 0 radical (unpaired) electrons. The van der Waals surface area contributed by atoms with Crippen LogP contribution in [0.25, 0.3) is 0 Å². The molecule has 0 unspecified atom stereocenters. The molecule has 31 heavy (non-hydrogen) atoms. The monoisotopic (exact) mass is 458 g/mol. The molecule has 0 saturated heterocycles. The summed E-state index contributed by atoms with van der Waals surface area (Å²) in [4.78, 5) is 0. The zero-order valence-corrected chi connectivity index (χ0v) is 26.8. The van der Waals surface area contributed by atoms with Gasteiger partial charge >= 0.3 is 59.1 Å². The molecule has 1 nitrogen and oxygen atoms in total. The van der Waals surface area contributed by atoms with Crippen molar-refractivity contribution in [2.45, 2.75) is 168 Å². The van der Waals surface area contributed by atoms with Gasteiger partial charge in [0.2, 0.25) is 0 Å². The van der Waals surface area contributed by atoms with Crippen LogP contribution in [0.4, 0.5) is 0 Å². The maximum atomic E-state index is 5.82. The van der Waals surface area contributed by atoms with Gasteiger partial charge in [-0.3, -0.25) is 0 Å². The van der Waals surface area contributed by atoms with E-state index in [1.54, 1.807) is 0 Å². The molecule has 0 aliphatic carbocycles. The molecule has 0 bridgehead atoms. The number of ether oxygens (including phenoxy) is 1. The van der Waals surface area contributed by atoms with Crippen molar-refractivity contribution in [1.82, 2.24) is 0 Å². The van der Waals surface area contributed by atoms with Gasteiger partial charge in [-0.05, 0) is 12.8 Å². The molecule has 0 aliphatic rings. The van der Waals surface area contributed by atoms with Gasteiger partial charge in [0.25, 0.3) is 0 Å². The third-order valence-electron chi connectivity index (χ3n) is 6.28. The summed E-state index contributed by atoms with van der Waals surface area (Å²) in [6.45, 7) is 6.58. The van der Waals surface area contributed by atoms with E-state index < -0.39 is 0 Å². The maximum absolute atomic E-state index is 5.82. The summed E-state index contributed by atoms with van der Waals surface area (Å²) in [5, 5.41) is 0. The molecule has 0 spiro atoms. The van der Waals surface area contributed by atoms with Crippen LogP contribution in [-0.4, -0.2) is 13.2 Å². The van der Waals surface area contributed by atoms with E-state index in [2.05, 4.69) is 13.8 Å². The molecular weight excluding hydrogens is 398 g/mol. The molecule has 180 valence electrons. The van der Waals surface area contributed by atoms with E-state index in [1.807, 2.05) is 0 Å². The molecule has 0 rings (SSSR count). The first-order valence-electron chi connectivity index (χ1n) is 14.0. The van der Waals surface area contributed by atoms with Crippen molar-refractivity contribution in [3.8, 4) is 0 Å². The van der Waals surface area contributed by atoms with Crippen LogP contribution in [-0.2, 0) is 4.74 Å². The van der Waals surface area contributed by atoms with Crippen molar-refractivity contribution in [3.63, 3.8) is 0 Å². The van der Waals surface area contributed by atoms with Crippen molar-refractivity contribution >= 4 is 0 Å². The third kappa shape index (κ3) is 36.7. The van der Waals surface area contributed by atoms with Gasteiger partial charge in [-0.15, -0.1) is 0 Å². The Labute approximate surface area is 246 Å². The smallest absolute Gasteiger partial charge is 1.00 e. The summed E-state index contributed by atoms with van der Waals surface area (Å²) >= 11 is 0. The molecule has 0 atom stereocenters. The van der Waals surface area contributed by atoms with Crippen LogP contribution < -0.4 is 59.1 Å². The number of unbranched alkanes of at least 4 members (excludes halogenated alkanes) is 22. The van der Waals surface area contributed by atoms with E-state index in [1.165, 1.54) is 154 Å². The maximum Gasteiger partial charge on any atom is 1.00 e. The fraction of sp³-hybridized carbons (Fsp3) is 1.00. The van der Waals surface area contributed by atoms with E-state index in [0.29, 0.717) is 0 Å².